The maximum atomic E-state index is 10.0. The molecule has 0 saturated carbocycles. The Balaban J connectivity index is 2.06. The Bertz CT molecular complexity index is 656. The van der Waals surface area contributed by atoms with E-state index in [9.17, 15) is 5.11 Å². The molecular weight excluding hydrogens is 294 g/mol. The van der Waals surface area contributed by atoms with Gasteiger partial charge in [0.15, 0.2) is 0 Å². The smallest absolute Gasteiger partial charge is 0.134 e. The highest BCUT2D eigenvalue weighted by atomic mass is 35.5. The highest BCUT2D eigenvalue weighted by Crippen LogP contribution is 2.43. The fourth-order valence-corrected chi connectivity index (χ4v) is 3.81. The Hall–Kier alpha value is -1.51. The minimum absolute atomic E-state index is 0.181. The summed E-state index contributed by atoms with van der Waals surface area (Å²) in [6, 6.07) is 14.8. The molecule has 0 spiro atoms. The second-order valence-corrected chi connectivity index (χ2v) is 6.55. The second kappa shape index (κ2) is 6.31. The van der Waals surface area contributed by atoms with Crippen molar-refractivity contribution in [2.45, 2.75) is 31.7 Å². The Morgan fingerprint density at radius 2 is 1.95 bits per heavy atom. The minimum atomic E-state index is 0.181. The summed E-state index contributed by atoms with van der Waals surface area (Å²) in [5.41, 5.74) is 3.77. The number of phenolic OH excluding ortho intramolecular Hbond substituents is 1. The summed E-state index contributed by atoms with van der Waals surface area (Å²) in [6.07, 6.45) is 2.11. The van der Waals surface area contributed by atoms with Crippen LogP contribution in [0.5, 0.6) is 5.75 Å². The molecule has 0 fully saturated rings. The van der Waals surface area contributed by atoms with E-state index in [-0.39, 0.29) is 11.7 Å². The number of aromatic hydroxyl groups is 1. The van der Waals surface area contributed by atoms with Crippen LogP contribution >= 0.6 is 11.6 Å². The first-order valence-electron chi connectivity index (χ1n) is 7.88. The van der Waals surface area contributed by atoms with Crippen LogP contribution in [0.15, 0.2) is 42.5 Å². The summed E-state index contributed by atoms with van der Waals surface area (Å²) < 4.78 is 0. The van der Waals surface area contributed by atoms with Gasteiger partial charge in [-0.15, -0.1) is 0 Å². The zero-order valence-electron chi connectivity index (χ0n) is 13.1. The third-order valence-electron chi connectivity index (χ3n) is 4.66. The van der Waals surface area contributed by atoms with Crippen molar-refractivity contribution in [2.75, 3.05) is 13.6 Å². The van der Waals surface area contributed by atoms with Gasteiger partial charge < -0.3 is 10.0 Å². The number of fused-ring (bicyclic) bond motifs is 1. The van der Waals surface area contributed by atoms with Crippen LogP contribution in [0.4, 0.5) is 0 Å². The molecule has 0 amide bonds. The van der Waals surface area contributed by atoms with Gasteiger partial charge in [-0.05, 0) is 55.3 Å². The Morgan fingerprint density at radius 3 is 2.64 bits per heavy atom. The lowest BCUT2D eigenvalue weighted by Crippen LogP contribution is -2.36. The van der Waals surface area contributed by atoms with Gasteiger partial charge in [0, 0.05) is 12.0 Å². The summed E-state index contributed by atoms with van der Waals surface area (Å²) in [6.45, 7) is 3.28. The number of benzene rings is 2. The first-order chi connectivity index (χ1) is 10.6. The molecular formula is C19H22ClNO. The van der Waals surface area contributed by atoms with E-state index in [0.717, 1.165) is 19.4 Å². The van der Waals surface area contributed by atoms with Gasteiger partial charge in [0.1, 0.15) is 5.75 Å². The van der Waals surface area contributed by atoms with Crippen molar-refractivity contribution in [3.63, 3.8) is 0 Å². The maximum Gasteiger partial charge on any atom is 0.134 e. The van der Waals surface area contributed by atoms with Crippen LogP contribution in [0.25, 0.3) is 0 Å². The van der Waals surface area contributed by atoms with Crippen molar-refractivity contribution in [1.82, 2.24) is 4.90 Å². The van der Waals surface area contributed by atoms with Crippen molar-refractivity contribution in [2.24, 2.45) is 0 Å². The Morgan fingerprint density at radius 1 is 1.23 bits per heavy atom. The van der Waals surface area contributed by atoms with Crippen LogP contribution in [-0.4, -0.2) is 29.6 Å². The van der Waals surface area contributed by atoms with E-state index < -0.39 is 0 Å². The molecule has 2 nitrogen and oxygen atoms in total. The number of nitrogens with zero attached hydrogens (tertiary/aromatic N) is 1. The number of rotatable bonds is 4. The molecule has 2 aromatic rings. The molecule has 0 heterocycles. The van der Waals surface area contributed by atoms with E-state index in [1.807, 2.05) is 18.2 Å². The monoisotopic (exact) mass is 315 g/mol. The molecule has 22 heavy (non-hydrogen) atoms. The summed E-state index contributed by atoms with van der Waals surface area (Å²) in [5.74, 6) is 0.469. The molecule has 0 aromatic heterocycles. The molecule has 3 heteroatoms. The summed E-state index contributed by atoms with van der Waals surface area (Å²) >= 11 is 6.11. The van der Waals surface area contributed by atoms with Crippen LogP contribution in [-0.2, 0) is 6.42 Å². The van der Waals surface area contributed by atoms with Crippen LogP contribution in [0.2, 0.25) is 5.02 Å². The highest BCUT2D eigenvalue weighted by Gasteiger charge is 2.36. The van der Waals surface area contributed by atoms with Gasteiger partial charge in [-0.1, -0.05) is 48.9 Å². The number of halogens is 1. The van der Waals surface area contributed by atoms with E-state index >= 15 is 0 Å². The van der Waals surface area contributed by atoms with Gasteiger partial charge in [0.25, 0.3) is 0 Å². The molecule has 1 N–H and O–H groups in total. The summed E-state index contributed by atoms with van der Waals surface area (Å²) in [4.78, 5) is 2.43. The molecule has 116 valence electrons. The Kier molecular flexibility index (Phi) is 4.42. The predicted molar refractivity (Wildman–Crippen MR) is 91.8 cm³/mol. The maximum absolute atomic E-state index is 10.0. The van der Waals surface area contributed by atoms with E-state index in [0.29, 0.717) is 11.1 Å². The minimum Gasteiger partial charge on any atom is -0.506 e. The van der Waals surface area contributed by atoms with Crippen molar-refractivity contribution in [3.05, 3.63) is 64.2 Å². The fraction of sp³-hybridized carbons (Fsp3) is 0.368. The number of phenols is 1. The average molecular weight is 316 g/mol. The first-order valence-corrected chi connectivity index (χ1v) is 8.26. The van der Waals surface area contributed by atoms with Crippen molar-refractivity contribution in [3.8, 4) is 5.75 Å². The van der Waals surface area contributed by atoms with Crippen molar-refractivity contribution < 1.29 is 5.11 Å². The molecule has 0 saturated heterocycles. The molecule has 0 bridgehead atoms. The van der Waals surface area contributed by atoms with Gasteiger partial charge in [0.2, 0.25) is 0 Å². The van der Waals surface area contributed by atoms with Gasteiger partial charge >= 0.3 is 0 Å². The molecule has 1 aliphatic rings. The predicted octanol–water partition coefficient (Wildman–Crippen LogP) is 4.44. The third-order valence-corrected chi connectivity index (χ3v) is 4.96. The van der Waals surface area contributed by atoms with Gasteiger partial charge in [-0.25, -0.2) is 0 Å². The molecule has 0 unspecified atom stereocenters. The van der Waals surface area contributed by atoms with Crippen molar-refractivity contribution in [1.29, 1.82) is 0 Å². The van der Waals surface area contributed by atoms with Crippen LogP contribution in [0, 0.1) is 0 Å². The van der Waals surface area contributed by atoms with Crippen LogP contribution in [0.1, 0.15) is 36.0 Å². The normalized spacial score (nSPS) is 20.4. The fourth-order valence-electron chi connectivity index (χ4n) is 3.63. The molecule has 1 aliphatic carbocycles. The highest BCUT2D eigenvalue weighted by molar-refractivity contribution is 6.32. The lowest BCUT2D eigenvalue weighted by Gasteiger charge is -2.30. The second-order valence-electron chi connectivity index (χ2n) is 6.14. The summed E-state index contributed by atoms with van der Waals surface area (Å²) in [5, 5.41) is 10.5. The molecule has 2 aromatic carbocycles. The lowest BCUT2D eigenvalue weighted by molar-refractivity contribution is 0.233. The SMILES string of the molecule is CCCN(C)[C@@H]1Cc2cc(Cl)c(O)cc2[C@H]1c1ccccc1. The molecule has 3 rings (SSSR count). The largest absolute Gasteiger partial charge is 0.506 e. The topological polar surface area (TPSA) is 23.5 Å². The van der Waals surface area contributed by atoms with Crippen molar-refractivity contribution >= 4 is 11.6 Å². The third kappa shape index (κ3) is 2.73. The van der Waals surface area contributed by atoms with Crippen LogP contribution < -0.4 is 0 Å². The van der Waals surface area contributed by atoms with Gasteiger partial charge in [-0.2, -0.15) is 0 Å². The van der Waals surface area contributed by atoms with Crippen LogP contribution in [0.3, 0.4) is 0 Å². The average Bonchev–Trinajstić information content (AvgIpc) is 2.87. The standard InChI is InChI=1S/C19H22ClNO/c1-3-9-21(2)17-11-14-10-16(20)18(22)12-15(14)19(17)13-7-5-4-6-8-13/h4-8,10,12,17,19,22H,3,9,11H2,1-2H3/t17-,19-/m1/s1. The van der Waals surface area contributed by atoms with Gasteiger partial charge in [-0.3, -0.25) is 0 Å². The molecule has 0 radical (unpaired) electrons. The van der Waals surface area contributed by atoms with E-state index in [2.05, 4.69) is 43.1 Å². The first kappa shape index (κ1) is 15.4. The molecule has 2 atom stereocenters. The Labute approximate surface area is 137 Å². The van der Waals surface area contributed by atoms with E-state index in [1.165, 1.54) is 16.7 Å². The number of hydrogen-bond donors (Lipinski definition) is 1. The van der Waals surface area contributed by atoms with E-state index in [4.69, 9.17) is 11.6 Å². The van der Waals surface area contributed by atoms with Gasteiger partial charge in [0.05, 0.1) is 5.02 Å². The van der Waals surface area contributed by atoms with E-state index in [1.54, 1.807) is 0 Å². The summed E-state index contributed by atoms with van der Waals surface area (Å²) in [7, 11) is 2.19. The lowest BCUT2D eigenvalue weighted by atomic mass is 9.89. The quantitative estimate of drug-likeness (QED) is 0.901. The number of hydrogen-bond acceptors (Lipinski definition) is 2. The number of likely N-dealkylation sites (N-methyl/N-ethyl adjacent to an activating group) is 1. The zero-order valence-corrected chi connectivity index (χ0v) is 13.8. The zero-order chi connectivity index (χ0) is 15.7. The molecule has 0 aliphatic heterocycles.